The van der Waals surface area contributed by atoms with Crippen LogP contribution in [0.5, 0.6) is 5.75 Å². The molecule has 2 heterocycles. The number of fused-ring (bicyclic) bond motifs is 1. The minimum Gasteiger partial charge on any atom is -0.486 e. The Morgan fingerprint density at radius 2 is 2.00 bits per heavy atom. The Morgan fingerprint density at radius 1 is 1.25 bits per heavy atom. The van der Waals surface area contributed by atoms with E-state index in [0.717, 1.165) is 12.3 Å². The van der Waals surface area contributed by atoms with Gasteiger partial charge in [-0.1, -0.05) is 18.2 Å². The zero-order valence-electron chi connectivity index (χ0n) is 12.5. The van der Waals surface area contributed by atoms with Crippen molar-refractivity contribution in [2.75, 3.05) is 0 Å². The van der Waals surface area contributed by atoms with Crippen LogP contribution in [0.4, 0.5) is 0 Å². The average Bonchev–Trinajstić information content (AvgIpc) is 2.83. The third-order valence-electron chi connectivity index (χ3n) is 4.00. The first-order valence-electron chi connectivity index (χ1n) is 7.04. The normalized spacial score (nSPS) is 19.7. The maximum absolute atomic E-state index is 6.07. The Kier molecular flexibility index (Phi) is 3.35. The molecule has 3 rings (SSSR count). The minimum absolute atomic E-state index is 0.203. The summed E-state index contributed by atoms with van der Waals surface area (Å²) >= 11 is 1.88. The predicted octanol–water partition coefficient (Wildman–Crippen LogP) is 4.37. The molecule has 1 N–H and O–H groups in total. The van der Waals surface area contributed by atoms with Crippen LogP contribution in [0.2, 0.25) is 0 Å². The van der Waals surface area contributed by atoms with E-state index < -0.39 is 0 Å². The SMILES string of the molecule is Cc1cc(CNC2c3ccccc3OC2(C)C)sc1C. The molecule has 106 valence electrons. The highest BCUT2D eigenvalue weighted by atomic mass is 32.1. The Balaban J connectivity index is 1.79. The summed E-state index contributed by atoms with van der Waals surface area (Å²) in [4.78, 5) is 2.80. The zero-order valence-corrected chi connectivity index (χ0v) is 13.3. The van der Waals surface area contributed by atoms with Gasteiger partial charge in [0.15, 0.2) is 0 Å². The Bertz CT molecular complexity index is 610. The van der Waals surface area contributed by atoms with Crippen LogP contribution in [0.15, 0.2) is 30.3 Å². The van der Waals surface area contributed by atoms with Crippen molar-refractivity contribution in [2.45, 2.75) is 45.9 Å². The summed E-state index contributed by atoms with van der Waals surface area (Å²) in [6, 6.07) is 10.8. The van der Waals surface area contributed by atoms with Gasteiger partial charge in [-0.3, -0.25) is 0 Å². The number of hydrogen-bond donors (Lipinski definition) is 1. The molecule has 0 amide bonds. The Labute approximate surface area is 124 Å². The van der Waals surface area contributed by atoms with Gasteiger partial charge in [-0.2, -0.15) is 0 Å². The van der Waals surface area contributed by atoms with Crippen molar-refractivity contribution >= 4 is 11.3 Å². The Morgan fingerprint density at radius 3 is 2.70 bits per heavy atom. The van der Waals surface area contributed by atoms with E-state index in [2.05, 4.69) is 57.3 Å². The highest BCUT2D eigenvalue weighted by Crippen LogP contribution is 2.42. The standard InChI is InChI=1S/C17H21NOS/c1-11-9-13(20-12(11)2)10-18-16-14-7-5-6-8-15(14)19-17(16,3)4/h5-9,16,18H,10H2,1-4H3. The number of aryl methyl sites for hydroxylation is 2. The summed E-state index contributed by atoms with van der Waals surface area (Å²) in [7, 11) is 0. The van der Waals surface area contributed by atoms with Crippen molar-refractivity contribution < 1.29 is 4.74 Å². The zero-order chi connectivity index (χ0) is 14.3. The molecule has 2 aromatic rings. The van der Waals surface area contributed by atoms with Gasteiger partial charge in [0, 0.05) is 21.9 Å². The fourth-order valence-electron chi connectivity index (χ4n) is 2.82. The minimum atomic E-state index is -0.203. The summed E-state index contributed by atoms with van der Waals surface area (Å²) in [6.07, 6.45) is 0. The molecule has 0 bridgehead atoms. The molecule has 1 aliphatic rings. The van der Waals surface area contributed by atoms with Crippen molar-refractivity contribution in [1.82, 2.24) is 5.32 Å². The first-order chi connectivity index (χ1) is 9.47. The Hall–Kier alpha value is -1.32. The second kappa shape index (κ2) is 4.90. The van der Waals surface area contributed by atoms with Crippen LogP contribution in [0.3, 0.4) is 0 Å². The number of hydrogen-bond acceptors (Lipinski definition) is 3. The molecule has 1 aromatic carbocycles. The van der Waals surface area contributed by atoms with Crippen molar-refractivity contribution in [3.63, 3.8) is 0 Å². The summed E-state index contributed by atoms with van der Waals surface area (Å²) in [5.74, 6) is 1.01. The van der Waals surface area contributed by atoms with Gasteiger partial charge in [0.05, 0.1) is 6.04 Å². The van der Waals surface area contributed by atoms with E-state index >= 15 is 0 Å². The second-order valence-corrected chi connectivity index (χ2v) is 7.35. The van der Waals surface area contributed by atoms with Gasteiger partial charge in [0.2, 0.25) is 0 Å². The van der Waals surface area contributed by atoms with E-state index in [0.29, 0.717) is 0 Å². The molecule has 0 fully saturated rings. The first kappa shape index (κ1) is 13.7. The molecule has 3 heteroatoms. The number of rotatable bonds is 3. The molecule has 0 spiro atoms. The molecular formula is C17H21NOS. The third kappa shape index (κ3) is 2.36. The molecule has 20 heavy (non-hydrogen) atoms. The summed E-state index contributed by atoms with van der Waals surface area (Å²) in [6.45, 7) is 9.55. The number of thiophene rings is 1. The van der Waals surface area contributed by atoms with Gasteiger partial charge >= 0.3 is 0 Å². The van der Waals surface area contributed by atoms with Crippen LogP contribution in [0.25, 0.3) is 0 Å². The highest BCUT2D eigenvalue weighted by molar-refractivity contribution is 7.12. The van der Waals surface area contributed by atoms with Gasteiger partial charge in [-0.15, -0.1) is 11.3 Å². The van der Waals surface area contributed by atoms with E-state index in [1.165, 1.54) is 20.9 Å². The van der Waals surface area contributed by atoms with E-state index in [9.17, 15) is 0 Å². The summed E-state index contributed by atoms with van der Waals surface area (Å²) < 4.78 is 6.07. The van der Waals surface area contributed by atoms with Gasteiger partial charge in [0.25, 0.3) is 0 Å². The fraction of sp³-hybridized carbons (Fsp3) is 0.412. The molecule has 0 aliphatic carbocycles. The van der Waals surface area contributed by atoms with Crippen molar-refractivity contribution in [1.29, 1.82) is 0 Å². The monoisotopic (exact) mass is 287 g/mol. The number of para-hydroxylation sites is 1. The molecule has 2 nitrogen and oxygen atoms in total. The van der Waals surface area contributed by atoms with Crippen LogP contribution in [-0.2, 0) is 6.54 Å². The van der Waals surface area contributed by atoms with E-state index in [1.807, 2.05) is 17.4 Å². The molecule has 0 saturated heterocycles. The lowest BCUT2D eigenvalue weighted by atomic mass is 9.94. The lowest BCUT2D eigenvalue weighted by Gasteiger charge is -2.27. The average molecular weight is 287 g/mol. The van der Waals surface area contributed by atoms with Crippen LogP contribution in [0.1, 0.15) is 40.8 Å². The first-order valence-corrected chi connectivity index (χ1v) is 7.86. The lowest BCUT2D eigenvalue weighted by molar-refractivity contribution is 0.0959. The van der Waals surface area contributed by atoms with Crippen molar-refractivity contribution in [3.05, 3.63) is 51.2 Å². The molecule has 1 aliphatic heterocycles. The molecule has 0 saturated carbocycles. The lowest BCUT2D eigenvalue weighted by Crippen LogP contribution is -2.38. The maximum atomic E-state index is 6.07. The molecule has 1 unspecified atom stereocenters. The van der Waals surface area contributed by atoms with Gasteiger partial charge in [-0.25, -0.2) is 0 Å². The second-order valence-electron chi connectivity index (χ2n) is 6.01. The van der Waals surface area contributed by atoms with Crippen LogP contribution < -0.4 is 10.1 Å². The predicted molar refractivity (Wildman–Crippen MR) is 84.5 cm³/mol. The third-order valence-corrected chi connectivity index (χ3v) is 5.15. The van der Waals surface area contributed by atoms with Crippen LogP contribution >= 0.6 is 11.3 Å². The van der Waals surface area contributed by atoms with Crippen LogP contribution in [-0.4, -0.2) is 5.60 Å². The number of benzene rings is 1. The van der Waals surface area contributed by atoms with E-state index in [1.54, 1.807) is 0 Å². The topological polar surface area (TPSA) is 21.3 Å². The molecule has 1 aromatic heterocycles. The van der Waals surface area contributed by atoms with E-state index in [4.69, 9.17) is 4.74 Å². The van der Waals surface area contributed by atoms with Crippen LogP contribution in [0, 0.1) is 13.8 Å². The molecule has 0 radical (unpaired) electrons. The highest BCUT2D eigenvalue weighted by Gasteiger charge is 2.40. The number of nitrogens with one attached hydrogen (secondary N) is 1. The van der Waals surface area contributed by atoms with Crippen molar-refractivity contribution in [2.24, 2.45) is 0 Å². The van der Waals surface area contributed by atoms with Gasteiger partial charge in [-0.05, 0) is 45.4 Å². The van der Waals surface area contributed by atoms with Crippen molar-refractivity contribution in [3.8, 4) is 5.75 Å². The summed E-state index contributed by atoms with van der Waals surface area (Å²) in [5.41, 5.74) is 2.45. The van der Waals surface area contributed by atoms with E-state index in [-0.39, 0.29) is 11.6 Å². The summed E-state index contributed by atoms with van der Waals surface area (Å²) in [5, 5.41) is 3.67. The maximum Gasteiger partial charge on any atom is 0.125 e. The van der Waals surface area contributed by atoms with Gasteiger partial charge in [0.1, 0.15) is 11.4 Å². The molecule has 1 atom stereocenters. The van der Waals surface area contributed by atoms with Gasteiger partial charge < -0.3 is 10.1 Å². The quantitative estimate of drug-likeness (QED) is 0.905. The fourth-order valence-corrected chi connectivity index (χ4v) is 3.83. The smallest absolute Gasteiger partial charge is 0.125 e. The molecular weight excluding hydrogens is 266 g/mol. The number of ether oxygens (including phenoxy) is 1. The largest absolute Gasteiger partial charge is 0.486 e.